The van der Waals surface area contributed by atoms with Crippen molar-refractivity contribution in [1.82, 2.24) is 4.98 Å². The molecule has 0 saturated heterocycles. The van der Waals surface area contributed by atoms with Gasteiger partial charge in [-0.2, -0.15) is 0 Å². The van der Waals surface area contributed by atoms with Gasteiger partial charge in [0.15, 0.2) is 0 Å². The van der Waals surface area contributed by atoms with Crippen LogP contribution < -0.4 is 11.1 Å². The zero-order valence-corrected chi connectivity index (χ0v) is 12.0. The fourth-order valence-corrected chi connectivity index (χ4v) is 2.24. The van der Waals surface area contributed by atoms with Gasteiger partial charge in [-0.1, -0.05) is 36.8 Å². The van der Waals surface area contributed by atoms with Crippen LogP contribution in [0.15, 0.2) is 28.8 Å². The third-order valence-electron chi connectivity index (χ3n) is 2.64. The molecule has 0 radical (unpaired) electrons. The molecule has 0 fully saturated rings. The lowest BCUT2D eigenvalue weighted by Crippen LogP contribution is -2.14. The predicted octanol–water partition coefficient (Wildman–Crippen LogP) is 3.14. The van der Waals surface area contributed by atoms with Gasteiger partial charge in [-0.05, 0) is 12.1 Å². The van der Waals surface area contributed by atoms with Crippen molar-refractivity contribution in [3.8, 4) is 0 Å². The van der Waals surface area contributed by atoms with Gasteiger partial charge in [0.1, 0.15) is 10.7 Å². The van der Waals surface area contributed by atoms with Crippen LogP contribution in [0.5, 0.6) is 0 Å². The smallest absolute Gasteiger partial charge is 0.213 e. The molecular formula is C13H14ClN3OS. The van der Waals surface area contributed by atoms with E-state index in [9.17, 15) is 0 Å². The van der Waals surface area contributed by atoms with Gasteiger partial charge in [0.2, 0.25) is 5.89 Å². The molecule has 19 heavy (non-hydrogen) atoms. The Morgan fingerprint density at radius 1 is 1.53 bits per heavy atom. The summed E-state index contributed by atoms with van der Waals surface area (Å²) in [5, 5.41) is 3.71. The molecule has 0 amide bonds. The molecule has 3 N–H and O–H groups in total. The van der Waals surface area contributed by atoms with E-state index in [0.717, 1.165) is 17.9 Å². The highest BCUT2D eigenvalue weighted by molar-refractivity contribution is 7.80. The number of thiocarbonyl (C=S) groups is 1. The standard InChI is InChI=1S/C13H14ClN3OS/c1-2-8-6-17-11(18-8)7-16-10-5-3-4-9(14)12(10)13(15)19/h3-6,16H,2,7H2,1H3,(H2,15,19). The molecule has 2 rings (SSSR count). The normalized spacial score (nSPS) is 10.4. The van der Waals surface area contributed by atoms with Gasteiger partial charge < -0.3 is 15.5 Å². The number of oxazole rings is 1. The van der Waals surface area contributed by atoms with Crippen LogP contribution in [0.25, 0.3) is 0 Å². The monoisotopic (exact) mass is 295 g/mol. The summed E-state index contributed by atoms with van der Waals surface area (Å²) in [5.74, 6) is 1.48. The number of rotatable bonds is 5. The van der Waals surface area contributed by atoms with E-state index in [1.807, 2.05) is 19.1 Å². The quantitative estimate of drug-likeness (QED) is 0.830. The first-order valence-electron chi connectivity index (χ1n) is 5.87. The molecule has 0 saturated carbocycles. The van der Waals surface area contributed by atoms with Gasteiger partial charge in [-0.25, -0.2) is 4.98 Å². The second kappa shape index (κ2) is 6.04. The van der Waals surface area contributed by atoms with Gasteiger partial charge in [-0.3, -0.25) is 0 Å². The number of nitrogens with one attached hydrogen (secondary N) is 1. The van der Waals surface area contributed by atoms with Crippen LogP contribution in [0, 0.1) is 0 Å². The summed E-state index contributed by atoms with van der Waals surface area (Å²) in [6, 6.07) is 5.45. The Hall–Kier alpha value is -1.59. The van der Waals surface area contributed by atoms with Crippen LogP contribution in [0.2, 0.25) is 5.02 Å². The topological polar surface area (TPSA) is 64.1 Å². The van der Waals surface area contributed by atoms with Crippen LogP contribution in [-0.2, 0) is 13.0 Å². The maximum atomic E-state index is 6.09. The molecule has 4 nitrogen and oxygen atoms in total. The van der Waals surface area contributed by atoms with E-state index in [1.165, 1.54) is 0 Å². The molecule has 1 aromatic heterocycles. The number of hydrogen-bond acceptors (Lipinski definition) is 4. The van der Waals surface area contributed by atoms with Crippen LogP contribution in [-0.4, -0.2) is 9.97 Å². The zero-order valence-electron chi connectivity index (χ0n) is 10.4. The Balaban J connectivity index is 2.15. The molecule has 1 aromatic carbocycles. The number of anilines is 1. The molecule has 1 heterocycles. The number of hydrogen-bond donors (Lipinski definition) is 2. The molecule has 0 bridgehead atoms. The van der Waals surface area contributed by atoms with Gasteiger partial charge in [0.05, 0.1) is 23.3 Å². The fourth-order valence-electron chi connectivity index (χ4n) is 1.69. The highest BCUT2D eigenvalue weighted by Crippen LogP contribution is 2.24. The van der Waals surface area contributed by atoms with Crippen molar-refractivity contribution in [1.29, 1.82) is 0 Å². The van der Waals surface area contributed by atoms with Crippen molar-refractivity contribution in [3.63, 3.8) is 0 Å². The number of benzene rings is 1. The van der Waals surface area contributed by atoms with Gasteiger partial charge in [0, 0.05) is 12.1 Å². The summed E-state index contributed by atoms with van der Waals surface area (Å²) in [4.78, 5) is 4.43. The third kappa shape index (κ3) is 3.24. The second-order valence-electron chi connectivity index (χ2n) is 3.95. The fraction of sp³-hybridized carbons (Fsp3) is 0.231. The first-order valence-corrected chi connectivity index (χ1v) is 6.66. The Kier molecular flexibility index (Phi) is 4.39. The highest BCUT2D eigenvalue weighted by Gasteiger charge is 2.10. The Labute approximate surface area is 122 Å². The molecule has 0 aliphatic carbocycles. The molecule has 100 valence electrons. The Morgan fingerprint density at radius 3 is 2.95 bits per heavy atom. The maximum absolute atomic E-state index is 6.09. The molecule has 0 atom stereocenters. The largest absolute Gasteiger partial charge is 0.444 e. The SMILES string of the molecule is CCc1cnc(CNc2cccc(Cl)c2C(N)=S)o1. The van der Waals surface area contributed by atoms with Crippen LogP contribution >= 0.6 is 23.8 Å². The summed E-state index contributed by atoms with van der Waals surface area (Å²) in [5.41, 5.74) is 7.09. The third-order valence-corrected chi connectivity index (χ3v) is 3.16. The van der Waals surface area contributed by atoms with E-state index in [1.54, 1.807) is 12.3 Å². The Bertz CT molecular complexity index is 597. The summed E-state index contributed by atoms with van der Waals surface area (Å²) < 4.78 is 5.51. The molecule has 2 aromatic rings. The minimum Gasteiger partial charge on any atom is -0.444 e. The lowest BCUT2D eigenvalue weighted by atomic mass is 10.1. The molecule has 0 unspecified atom stereocenters. The number of halogens is 1. The van der Waals surface area contributed by atoms with E-state index < -0.39 is 0 Å². The molecule has 0 spiro atoms. The minimum absolute atomic E-state index is 0.259. The van der Waals surface area contributed by atoms with E-state index in [2.05, 4.69) is 10.3 Å². The summed E-state index contributed by atoms with van der Waals surface area (Å²) >= 11 is 11.1. The van der Waals surface area contributed by atoms with Gasteiger partial charge in [-0.15, -0.1) is 0 Å². The van der Waals surface area contributed by atoms with Crippen molar-refractivity contribution in [3.05, 3.63) is 46.6 Å². The number of aryl methyl sites for hydroxylation is 1. The lowest BCUT2D eigenvalue weighted by molar-refractivity contribution is 0.466. The number of aromatic nitrogens is 1. The van der Waals surface area contributed by atoms with E-state index >= 15 is 0 Å². The van der Waals surface area contributed by atoms with Crippen molar-refractivity contribution in [2.75, 3.05) is 5.32 Å². The van der Waals surface area contributed by atoms with Crippen LogP contribution in [0.4, 0.5) is 5.69 Å². The first-order chi connectivity index (χ1) is 9.11. The first kappa shape index (κ1) is 13.8. The Morgan fingerprint density at radius 2 is 2.32 bits per heavy atom. The summed E-state index contributed by atoms with van der Waals surface area (Å²) in [6.07, 6.45) is 2.55. The van der Waals surface area contributed by atoms with E-state index in [4.69, 9.17) is 34.0 Å². The molecule has 0 aliphatic heterocycles. The molecule has 6 heteroatoms. The summed E-state index contributed by atoms with van der Waals surface area (Å²) in [7, 11) is 0. The van der Waals surface area contributed by atoms with Crippen LogP contribution in [0.3, 0.4) is 0 Å². The summed E-state index contributed by atoms with van der Waals surface area (Å²) in [6.45, 7) is 2.47. The molecular weight excluding hydrogens is 282 g/mol. The van der Waals surface area contributed by atoms with Crippen molar-refractivity contribution >= 4 is 34.5 Å². The van der Waals surface area contributed by atoms with E-state index in [-0.39, 0.29) is 4.99 Å². The van der Waals surface area contributed by atoms with Crippen molar-refractivity contribution in [2.24, 2.45) is 5.73 Å². The van der Waals surface area contributed by atoms with Gasteiger partial charge in [0.25, 0.3) is 0 Å². The average molecular weight is 296 g/mol. The predicted molar refractivity (Wildman–Crippen MR) is 80.5 cm³/mol. The minimum atomic E-state index is 0.259. The van der Waals surface area contributed by atoms with E-state index in [0.29, 0.717) is 23.0 Å². The van der Waals surface area contributed by atoms with Crippen molar-refractivity contribution < 1.29 is 4.42 Å². The zero-order chi connectivity index (χ0) is 13.8. The number of nitrogens with two attached hydrogens (primary N) is 1. The van der Waals surface area contributed by atoms with Gasteiger partial charge >= 0.3 is 0 Å². The lowest BCUT2D eigenvalue weighted by Gasteiger charge is -2.11. The average Bonchev–Trinajstić information content (AvgIpc) is 2.83. The molecule has 0 aliphatic rings. The maximum Gasteiger partial charge on any atom is 0.213 e. The van der Waals surface area contributed by atoms with Crippen molar-refractivity contribution in [2.45, 2.75) is 19.9 Å². The second-order valence-corrected chi connectivity index (χ2v) is 4.80. The van der Waals surface area contributed by atoms with Crippen LogP contribution in [0.1, 0.15) is 24.1 Å². The number of nitrogens with zero attached hydrogens (tertiary/aromatic N) is 1. The highest BCUT2D eigenvalue weighted by atomic mass is 35.5.